The van der Waals surface area contributed by atoms with E-state index in [2.05, 4.69) is 4.74 Å². The molecule has 7 heteroatoms. The largest absolute Gasteiger partial charge is 0.463 e. The lowest BCUT2D eigenvalue weighted by Gasteiger charge is -2.18. The zero-order valence-electron chi connectivity index (χ0n) is 13.5. The van der Waals surface area contributed by atoms with Crippen LogP contribution in [0.25, 0.3) is 6.08 Å². The molecular formula is C17H20F2O5. The zero-order valence-corrected chi connectivity index (χ0v) is 13.5. The summed E-state index contributed by atoms with van der Waals surface area (Å²) >= 11 is 0. The van der Waals surface area contributed by atoms with Gasteiger partial charge in [0.2, 0.25) is 0 Å². The molecule has 1 fully saturated rings. The van der Waals surface area contributed by atoms with Gasteiger partial charge in [0, 0.05) is 11.6 Å². The van der Waals surface area contributed by atoms with Gasteiger partial charge in [-0.05, 0) is 31.6 Å². The van der Waals surface area contributed by atoms with E-state index in [1.807, 2.05) is 0 Å². The van der Waals surface area contributed by atoms with Crippen LogP contribution in [-0.4, -0.2) is 38.5 Å². The molecule has 1 aromatic carbocycles. The Morgan fingerprint density at radius 1 is 1.46 bits per heavy atom. The number of epoxide rings is 1. The number of halogens is 2. The molecule has 5 nitrogen and oxygen atoms in total. The lowest BCUT2D eigenvalue weighted by atomic mass is 10.0. The predicted molar refractivity (Wildman–Crippen MR) is 82.8 cm³/mol. The Bertz CT molecular complexity index is 584. The second-order valence-corrected chi connectivity index (χ2v) is 5.15. The van der Waals surface area contributed by atoms with Crippen molar-refractivity contribution in [1.82, 2.24) is 0 Å². The van der Waals surface area contributed by atoms with Crippen molar-refractivity contribution in [3.8, 4) is 5.75 Å². The number of esters is 1. The zero-order chi connectivity index (χ0) is 17.5. The van der Waals surface area contributed by atoms with E-state index in [1.54, 1.807) is 26.0 Å². The van der Waals surface area contributed by atoms with Gasteiger partial charge in [-0.2, -0.15) is 8.78 Å². The van der Waals surface area contributed by atoms with Gasteiger partial charge >= 0.3 is 12.6 Å². The molecule has 1 aliphatic heterocycles. The van der Waals surface area contributed by atoms with Crippen molar-refractivity contribution >= 4 is 12.0 Å². The first-order valence-corrected chi connectivity index (χ1v) is 7.67. The predicted octanol–water partition coefficient (Wildman–Crippen LogP) is 3.34. The molecule has 0 spiro atoms. The highest BCUT2D eigenvalue weighted by Gasteiger charge is 2.24. The Morgan fingerprint density at radius 3 is 2.83 bits per heavy atom. The van der Waals surface area contributed by atoms with E-state index in [-0.39, 0.29) is 24.6 Å². The van der Waals surface area contributed by atoms with Crippen molar-refractivity contribution in [1.29, 1.82) is 0 Å². The maximum absolute atomic E-state index is 12.6. The fourth-order valence-corrected chi connectivity index (χ4v) is 2.14. The van der Waals surface area contributed by atoms with Crippen LogP contribution in [0.4, 0.5) is 8.78 Å². The molecule has 1 saturated heterocycles. The number of carbonyl (C=O) groups excluding carboxylic acids is 1. The molecule has 0 N–H and O–H groups in total. The van der Waals surface area contributed by atoms with Crippen LogP contribution in [0.15, 0.2) is 24.3 Å². The van der Waals surface area contributed by atoms with Crippen molar-refractivity contribution in [3.63, 3.8) is 0 Å². The Morgan fingerprint density at radius 2 is 2.21 bits per heavy atom. The van der Waals surface area contributed by atoms with E-state index in [0.717, 1.165) is 0 Å². The van der Waals surface area contributed by atoms with Crippen LogP contribution in [0.3, 0.4) is 0 Å². The molecule has 0 radical (unpaired) electrons. The SMILES string of the molecule is CCOC(=O)/C=C/c1c(OC(F)F)cccc1[C@@H](C)OC[C@H]1CO1. The summed E-state index contributed by atoms with van der Waals surface area (Å²) in [6.07, 6.45) is 2.29. The van der Waals surface area contributed by atoms with Gasteiger partial charge in [-0.15, -0.1) is 0 Å². The summed E-state index contributed by atoms with van der Waals surface area (Å²) < 4.78 is 45.4. The average Bonchev–Trinajstić information content (AvgIpc) is 3.35. The monoisotopic (exact) mass is 342 g/mol. The highest BCUT2D eigenvalue weighted by atomic mass is 19.3. The molecule has 1 aromatic rings. The second kappa shape index (κ2) is 8.75. The van der Waals surface area contributed by atoms with Gasteiger partial charge in [-0.25, -0.2) is 4.79 Å². The van der Waals surface area contributed by atoms with Crippen LogP contribution in [0.1, 0.15) is 31.1 Å². The Labute approximate surface area is 139 Å². The third-order valence-electron chi connectivity index (χ3n) is 3.36. The van der Waals surface area contributed by atoms with Crippen LogP contribution in [-0.2, 0) is 19.0 Å². The van der Waals surface area contributed by atoms with Gasteiger partial charge in [-0.3, -0.25) is 0 Å². The lowest BCUT2D eigenvalue weighted by Crippen LogP contribution is -2.10. The molecule has 0 aromatic heterocycles. The normalized spacial score (nSPS) is 18.0. The number of carbonyl (C=O) groups is 1. The number of rotatable bonds is 9. The molecule has 1 aliphatic rings. The fourth-order valence-electron chi connectivity index (χ4n) is 2.14. The Hall–Kier alpha value is -1.99. The standard InChI is InChI=1S/C17H20F2O5/c1-3-21-16(20)8-7-14-13(11(2)22-9-12-10-23-12)5-4-6-15(14)24-17(18)19/h4-8,11-12,17H,3,9-10H2,1-2H3/b8-7+/t11-,12+/m1/s1. The minimum absolute atomic E-state index is 0.0267. The first-order chi connectivity index (χ1) is 11.5. The van der Waals surface area contributed by atoms with Crippen LogP contribution in [0, 0.1) is 0 Å². The summed E-state index contributed by atoms with van der Waals surface area (Å²) in [6, 6.07) is 4.75. The van der Waals surface area contributed by atoms with Crippen LogP contribution >= 0.6 is 0 Å². The number of hydrogen-bond donors (Lipinski definition) is 0. The van der Waals surface area contributed by atoms with Gasteiger partial charge in [0.05, 0.1) is 25.9 Å². The maximum atomic E-state index is 12.6. The van der Waals surface area contributed by atoms with Crippen molar-refractivity contribution in [2.24, 2.45) is 0 Å². The summed E-state index contributed by atoms with van der Waals surface area (Å²) in [5.41, 5.74) is 0.990. The van der Waals surface area contributed by atoms with E-state index in [1.165, 1.54) is 18.2 Å². The fraction of sp³-hybridized carbons (Fsp3) is 0.471. The molecule has 0 saturated carbocycles. The van der Waals surface area contributed by atoms with Gasteiger partial charge < -0.3 is 18.9 Å². The van der Waals surface area contributed by atoms with Crippen LogP contribution in [0.2, 0.25) is 0 Å². The van der Waals surface area contributed by atoms with Crippen molar-refractivity contribution in [3.05, 3.63) is 35.4 Å². The number of benzene rings is 1. The van der Waals surface area contributed by atoms with E-state index >= 15 is 0 Å². The van der Waals surface area contributed by atoms with Crippen LogP contribution in [0.5, 0.6) is 5.75 Å². The summed E-state index contributed by atoms with van der Waals surface area (Å²) in [6.45, 7) is 1.82. The maximum Gasteiger partial charge on any atom is 0.387 e. The topological polar surface area (TPSA) is 57.3 Å². The Balaban J connectivity index is 2.24. The number of ether oxygens (including phenoxy) is 4. The smallest absolute Gasteiger partial charge is 0.387 e. The van der Waals surface area contributed by atoms with Gasteiger partial charge in [0.15, 0.2) is 0 Å². The Kier molecular flexibility index (Phi) is 6.69. The highest BCUT2D eigenvalue weighted by molar-refractivity contribution is 5.88. The first kappa shape index (κ1) is 18.4. The van der Waals surface area contributed by atoms with Crippen molar-refractivity contribution in [2.45, 2.75) is 32.7 Å². The summed E-state index contributed by atoms with van der Waals surface area (Å²) in [5.74, 6) is -0.587. The molecule has 2 atom stereocenters. The minimum Gasteiger partial charge on any atom is -0.463 e. The number of hydrogen-bond acceptors (Lipinski definition) is 5. The van der Waals surface area contributed by atoms with Crippen LogP contribution < -0.4 is 4.74 Å². The molecule has 2 rings (SSSR count). The third-order valence-corrected chi connectivity index (χ3v) is 3.36. The minimum atomic E-state index is -2.97. The van der Waals surface area contributed by atoms with Crippen molar-refractivity contribution < 1.29 is 32.5 Å². The molecule has 132 valence electrons. The van der Waals surface area contributed by atoms with E-state index in [9.17, 15) is 13.6 Å². The number of alkyl halides is 2. The molecule has 0 bridgehead atoms. The van der Waals surface area contributed by atoms with Crippen molar-refractivity contribution in [2.75, 3.05) is 19.8 Å². The quantitative estimate of drug-likeness (QED) is 0.391. The van der Waals surface area contributed by atoms with E-state index in [0.29, 0.717) is 24.3 Å². The molecule has 24 heavy (non-hydrogen) atoms. The summed E-state index contributed by atoms with van der Waals surface area (Å²) in [7, 11) is 0. The molecule has 1 heterocycles. The molecular weight excluding hydrogens is 322 g/mol. The molecule has 0 unspecified atom stereocenters. The van der Waals surface area contributed by atoms with E-state index < -0.39 is 12.6 Å². The van der Waals surface area contributed by atoms with Gasteiger partial charge in [-0.1, -0.05) is 12.1 Å². The average molecular weight is 342 g/mol. The second-order valence-electron chi connectivity index (χ2n) is 5.15. The summed E-state index contributed by atoms with van der Waals surface area (Å²) in [5, 5.41) is 0. The third kappa shape index (κ3) is 5.58. The van der Waals surface area contributed by atoms with Gasteiger partial charge in [0.25, 0.3) is 0 Å². The van der Waals surface area contributed by atoms with Gasteiger partial charge in [0.1, 0.15) is 11.9 Å². The molecule has 0 amide bonds. The van der Waals surface area contributed by atoms with E-state index in [4.69, 9.17) is 14.2 Å². The molecule has 0 aliphatic carbocycles. The first-order valence-electron chi connectivity index (χ1n) is 7.67. The lowest BCUT2D eigenvalue weighted by molar-refractivity contribution is -0.137. The summed E-state index contributed by atoms with van der Waals surface area (Å²) in [4.78, 5) is 11.5. The highest BCUT2D eigenvalue weighted by Crippen LogP contribution is 2.31.